The summed E-state index contributed by atoms with van der Waals surface area (Å²) in [5, 5.41) is 28.0. The molecule has 5 N–H and O–H groups in total. The highest BCUT2D eigenvalue weighted by Gasteiger charge is 2.53. The van der Waals surface area contributed by atoms with Gasteiger partial charge in [0.05, 0.1) is 33.0 Å². The Morgan fingerprint density at radius 3 is 2.40 bits per heavy atom. The van der Waals surface area contributed by atoms with E-state index in [-0.39, 0.29) is 25.3 Å². The van der Waals surface area contributed by atoms with Crippen molar-refractivity contribution in [2.75, 3.05) is 33.5 Å². The summed E-state index contributed by atoms with van der Waals surface area (Å²) < 4.78 is 22.9. The lowest BCUT2D eigenvalue weighted by Crippen LogP contribution is -2.56. The molecule has 12 heteroatoms. The van der Waals surface area contributed by atoms with Gasteiger partial charge in [0.15, 0.2) is 11.6 Å². The lowest BCUT2D eigenvalue weighted by Gasteiger charge is -2.31. The number of rotatable bonds is 15. The number of aliphatic imine (C=N–C) groups is 1. The molecule has 0 saturated heterocycles. The molecule has 230 valence electrons. The number of carbonyl (C=O) groups is 2. The standard InChI is InChI=1S/C30H41N3O9/c1-29(2,3)42-25(37)13-14-30(28(38)33-32-22(18-35)19-36)26(21-7-5-8-24(17-21)39-4)41-27(31-30)20-9-11-23(12-10-20)40-16-6-15-34/h5,7-12,17,22,26,32,34-36H,6,13-16,18-19H2,1-4H3,(H,33,38)/t26-,30-/m0/s1. The zero-order chi connectivity index (χ0) is 30.8. The van der Waals surface area contributed by atoms with Crippen molar-refractivity contribution in [3.05, 3.63) is 59.7 Å². The summed E-state index contributed by atoms with van der Waals surface area (Å²) in [5.74, 6) is 0.153. The van der Waals surface area contributed by atoms with Gasteiger partial charge in [-0.25, -0.2) is 10.4 Å². The van der Waals surface area contributed by atoms with Crippen molar-refractivity contribution in [3.8, 4) is 11.5 Å². The van der Waals surface area contributed by atoms with Crippen molar-refractivity contribution in [1.82, 2.24) is 10.9 Å². The number of aliphatic hydroxyl groups excluding tert-OH is 3. The van der Waals surface area contributed by atoms with E-state index >= 15 is 0 Å². The van der Waals surface area contributed by atoms with E-state index in [0.717, 1.165) is 0 Å². The van der Waals surface area contributed by atoms with E-state index < -0.39 is 48.4 Å². The molecule has 1 aliphatic rings. The average molecular weight is 588 g/mol. The van der Waals surface area contributed by atoms with Gasteiger partial charge >= 0.3 is 5.97 Å². The first-order valence-corrected chi connectivity index (χ1v) is 13.8. The third-order valence-electron chi connectivity index (χ3n) is 6.39. The van der Waals surface area contributed by atoms with Crippen molar-refractivity contribution < 1.29 is 43.9 Å². The quantitative estimate of drug-likeness (QED) is 0.118. The molecule has 0 aromatic heterocycles. The highest BCUT2D eigenvalue weighted by molar-refractivity contribution is 6.01. The van der Waals surface area contributed by atoms with E-state index in [1.54, 1.807) is 69.3 Å². The summed E-state index contributed by atoms with van der Waals surface area (Å²) in [6.07, 6.45) is -0.705. The van der Waals surface area contributed by atoms with E-state index in [0.29, 0.717) is 35.7 Å². The van der Waals surface area contributed by atoms with Crippen molar-refractivity contribution in [3.63, 3.8) is 0 Å². The largest absolute Gasteiger partial charge is 0.497 e. The molecule has 42 heavy (non-hydrogen) atoms. The maximum Gasteiger partial charge on any atom is 0.306 e. The molecule has 0 fully saturated rings. The van der Waals surface area contributed by atoms with Gasteiger partial charge in [0, 0.05) is 25.0 Å². The number of ether oxygens (including phenoxy) is 4. The molecule has 0 radical (unpaired) electrons. The van der Waals surface area contributed by atoms with Gasteiger partial charge in [0.2, 0.25) is 5.90 Å². The molecule has 1 aliphatic heterocycles. The topological polar surface area (TPSA) is 168 Å². The monoisotopic (exact) mass is 587 g/mol. The minimum atomic E-state index is -1.66. The lowest BCUT2D eigenvalue weighted by molar-refractivity contribution is -0.155. The molecule has 2 atom stereocenters. The van der Waals surface area contributed by atoms with Crippen LogP contribution in [-0.2, 0) is 19.1 Å². The van der Waals surface area contributed by atoms with E-state index in [2.05, 4.69) is 10.9 Å². The van der Waals surface area contributed by atoms with E-state index in [1.165, 1.54) is 7.11 Å². The lowest BCUT2D eigenvalue weighted by atomic mass is 9.83. The first-order chi connectivity index (χ1) is 20.0. The van der Waals surface area contributed by atoms with Crippen molar-refractivity contribution >= 4 is 17.8 Å². The number of hydrogen-bond acceptors (Lipinski definition) is 11. The fourth-order valence-electron chi connectivity index (χ4n) is 4.28. The zero-order valence-corrected chi connectivity index (χ0v) is 24.5. The van der Waals surface area contributed by atoms with Crippen LogP contribution in [0.15, 0.2) is 53.5 Å². The number of esters is 1. The van der Waals surface area contributed by atoms with Gasteiger partial charge in [-0.2, -0.15) is 0 Å². The molecule has 0 spiro atoms. The second-order valence-corrected chi connectivity index (χ2v) is 10.8. The number of nitrogens with zero attached hydrogens (tertiary/aromatic N) is 1. The van der Waals surface area contributed by atoms with Crippen LogP contribution in [-0.4, -0.2) is 83.8 Å². The third kappa shape index (κ3) is 8.65. The van der Waals surface area contributed by atoms with Crippen LogP contribution in [0.3, 0.4) is 0 Å². The first kappa shape index (κ1) is 32.8. The Bertz CT molecular complexity index is 1210. The SMILES string of the molecule is COc1cccc([C@@H]2OC(c3ccc(OCCCO)cc3)=N[C@]2(CCC(=O)OC(C)(C)C)C(=O)NNC(CO)CO)c1. The molecule has 1 heterocycles. The number of hydrazine groups is 1. The van der Waals surface area contributed by atoms with Crippen LogP contribution in [0.2, 0.25) is 0 Å². The molecular weight excluding hydrogens is 546 g/mol. The van der Waals surface area contributed by atoms with Gasteiger partial charge in [0.1, 0.15) is 17.1 Å². The fourth-order valence-corrected chi connectivity index (χ4v) is 4.28. The van der Waals surface area contributed by atoms with Gasteiger partial charge in [-0.15, -0.1) is 0 Å². The molecule has 2 aromatic rings. The molecule has 0 unspecified atom stereocenters. The Morgan fingerprint density at radius 2 is 1.79 bits per heavy atom. The van der Waals surface area contributed by atoms with Gasteiger partial charge < -0.3 is 34.3 Å². The smallest absolute Gasteiger partial charge is 0.306 e. The molecule has 0 bridgehead atoms. The second-order valence-electron chi connectivity index (χ2n) is 10.8. The predicted octanol–water partition coefficient (Wildman–Crippen LogP) is 1.81. The number of amides is 1. The molecule has 12 nitrogen and oxygen atoms in total. The van der Waals surface area contributed by atoms with Crippen LogP contribution in [0.25, 0.3) is 0 Å². The van der Waals surface area contributed by atoms with Crippen LogP contribution in [0.4, 0.5) is 0 Å². The van der Waals surface area contributed by atoms with E-state index in [1.807, 2.05) is 0 Å². The maximum absolute atomic E-state index is 14.0. The first-order valence-electron chi connectivity index (χ1n) is 13.8. The van der Waals surface area contributed by atoms with E-state index in [9.17, 15) is 19.8 Å². The molecule has 1 amide bonds. The summed E-state index contributed by atoms with van der Waals surface area (Å²) in [4.78, 5) is 31.6. The summed E-state index contributed by atoms with van der Waals surface area (Å²) in [6.45, 7) is 4.78. The Morgan fingerprint density at radius 1 is 1.07 bits per heavy atom. The highest BCUT2D eigenvalue weighted by atomic mass is 16.6. The van der Waals surface area contributed by atoms with Gasteiger partial charge in [-0.05, 0) is 69.2 Å². The third-order valence-corrected chi connectivity index (χ3v) is 6.39. The molecule has 0 aliphatic carbocycles. The summed E-state index contributed by atoms with van der Waals surface area (Å²) in [7, 11) is 1.52. The Labute approximate surface area is 245 Å². The average Bonchev–Trinajstić information content (AvgIpc) is 3.37. The summed E-state index contributed by atoms with van der Waals surface area (Å²) in [6, 6.07) is 13.1. The van der Waals surface area contributed by atoms with Crippen LogP contribution >= 0.6 is 0 Å². The van der Waals surface area contributed by atoms with Crippen molar-refractivity contribution in [2.24, 2.45) is 4.99 Å². The second kappa shape index (κ2) is 15.0. The van der Waals surface area contributed by atoms with Crippen molar-refractivity contribution in [2.45, 2.75) is 63.3 Å². The summed E-state index contributed by atoms with van der Waals surface area (Å²) in [5.41, 5.74) is 3.96. The maximum atomic E-state index is 14.0. The minimum absolute atomic E-state index is 0.0219. The number of hydrogen-bond donors (Lipinski definition) is 5. The fraction of sp³-hybridized carbons (Fsp3) is 0.500. The van der Waals surface area contributed by atoms with E-state index in [4.69, 9.17) is 29.0 Å². The number of carbonyl (C=O) groups excluding carboxylic acids is 2. The van der Waals surface area contributed by atoms with Crippen LogP contribution in [0, 0.1) is 0 Å². The Kier molecular flexibility index (Phi) is 11.7. The number of aliphatic hydroxyl groups is 3. The molecule has 3 rings (SSSR count). The minimum Gasteiger partial charge on any atom is -0.497 e. The highest BCUT2D eigenvalue weighted by Crippen LogP contribution is 2.44. The molecule has 2 aromatic carbocycles. The normalized spacial score (nSPS) is 18.3. The van der Waals surface area contributed by atoms with Gasteiger partial charge in [-0.1, -0.05) is 12.1 Å². The Hall–Kier alpha value is -3.71. The van der Waals surface area contributed by atoms with Gasteiger partial charge in [-0.3, -0.25) is 15.0 Å². The molecule has 0 saturated carbocycles. The van der Waals surface area contributed by atoms with Crippen LogP contribution in [0.5, 0.6) is 11.5 Å². The zero-order valence-electron chi connectivity index (χ0n) is 24.5. The number of benzene rings is 2. The van der Waals surface area contributed by atoms with Gasteiger partial charge in [0.25, 0.3) is 5.91 Å². The predicted molar refractivity (Wildman–Crippen MR) is 154 cm³/mol. The van der Waals surface area contributed by atoms with Crippen LogP contribution in [0.1, 0.15) is 57.3 Å². The number of nitrogens with one attached hydrogen (secondary N) is 2. The van der Waals surface area contributed by atoms with Crippen molar-refractivity contribution in [1.29, 1.82) is 0 Å². The van der Waals surface area contributed by atoms with Crippen LogP contribution < -0.4 is 20.3 Å². The summed E-state index contributed by atoms with van der Waals surface area (Å²) >= 11 is 0. The Balaban J connectivity index is 2.05. The number of methoxy groups -OCH3 is 1. The molecular formula is C30H41N3O9.